The van der Waals surface area contributed by atoms with Crippen molar-refractivity contribution in [1.29, 1.82) is 0 Å². The largest absolute Gasteiger partial charge is 0.377 e. The van der Waals surface area contributed by atoms with Crippen LogP contribution in [0.25, 0.3) is 10.9 Å². The van der Waals surface area contributed by atoms with Gasteiger partial charge >= 0.3 is 0 Å². The number of hydrogen-bond donors (Lipinski definition) is 1. The number of nitrogens with one attached hydrogen (secondary N) is 1. The highest BCUT2D eigenvalue weighted by Gasteiger charge is 2.31. The van der Waals surface area contributed by atoms with Crippen molar-refractivity contribution < 1.29 is 9.53 Å². The number of aromatic nitrogens is 1. The molecule has 0 radical (unpaired) electrons. The fraction of sp³-hybridized carbons (Fsp3) is 0.333. The second kappa shape index (κ2) is 4.45. The van der Waals surface area contributed by atoms with E-state index >= 15 is 0 Å². The molecule has 1 N–H and O–H groups in total. The zero-order valence-electron chi connectivity index (χ0n) is 11.0. The molecule has 2 aliphatic heterocycles. The third kappa shape index (κ3) is 1.74. The van der Waals surface area contributed by atoms with Crippen LogP contribution in [-0.2, 0) is 9.53 Å². The molecule has 2 aliphatic rings. The third-order valence-corrected chi connectivity index (χ3v) is 3.96. The molecule has 1 unspecified atom stereocenters. The van der Waals surface area contributed by atoms with Crippen molar-refractivity contribution in [2.45, 2.75) is 12.5 Å². The maximum Gasteiger partial charge on any atom is 0.226 e. The van der Waals surface area contributed by atoms with Gasteiger partial charge in [-0.25, -0.2) is 0 Å². The van der Waals surface area contributed by atoms with E-state index in [-0.39, 0.29) is 11.9 Å². The summed E-state index contributed by atoms with van der Waals surface area (Å²) in [5.41, 5.74) is 2.83. The molecular formula is C15H15N3O2. The van der Waals surface area contributed by atoms with E-state index in [0.29, 0.717) is 19.6 Å². The molecule has 0 spiro atoms. The first kappa shape index (κ1) is 11.7. The molecule has 1 fully saturated rings. The molecule has 5 heteroatoms. The van der Waals surface area contributed by atoms with E-state index in [1.54, 1.807) is 6.20 Å². The van der Waals surface area contributed by atoms with Crippen LogP contribution in [0.4, 0.5) is 11.4 Å². The Balaban J connectivity index is 1.97. The molecule has 20 heavy (non-hydrogen) atoms. The van der Waals surface area contributed by atoms with Gasteiger partial charge in [-0.15, -0.1) is 0 Å². The van der Waals surface area contributed by atoms with E-state index in [1.165, 1.54) is 0 Å². The molecular weight excluding hydrogens is 254 g/mol. The zero-order valence-corrected chi connectivity index (χ0v) is 11.0. The van der Waals surface area contributed by atoms with Crippen molar-refractivity contribution in [3.63, 3.8) is 0 Å². The minimum absolute atomic E-state index is 0.0290. The van der Waals surface area contributed by atoms with E-state index in [2.05, 4.69) is 21.3 Å². The first-order valence-corrected chi connectivity index (χ1v) is 6.85. The summed E-state index contributed by atoms with van der Waals surface area (Å²) in [4.78, 5) is 18.7. The number of morpholine rings is 1. The van der Waals surface area contributed by atoms with Gasteiger partial charge in [0.2, 0.25) is 5.91 Å². The zero-order chi connectivity index (χ0) is 13.5. The maximum absolute atomic E-state index is 12.0. The molecule has 0 bridgehead atoms. The van der Waals surface area contributed by atoms with Crippen LogP contribution in [0.5, 0.6) is 0 Å². The number of amides is 1. The lowest BCUT2D eigenvalue weighted by Crippen LogP contribution is -2.46. The number of anilines is 2. The summed E-state index contributed by atoms with van der Waals surface area (Å²) in [6.45, 7) is 2.10. The van der Waals surface area contributed by atoms with Crippen LogP contribution in [0.2, 0.25) is 0 Å². The van der Waals surface area contributed by atoms with E-state index < -0.39 is 0 Å². The highest BCUT2D eigenvalue weighted by molar-refractivity contribution is 6.05. The van der Waals surface area contributed by atoms with Crippen molar-refractivity contribution in [2.24, 2.45) is 0 Å². The van der Waals surface area contributed by atoms with Gasteiger partial charge in [-0.2, -0.15) is 0 Å². The standard InChI is InChI=1S/C15H15N3O2/c19-14-7-10-9-20-6-5-18(10)15-11-3-1-2-4-12(11)16-8-13(15)17-14/h1-4,8,10H,5-7,9H2,(H,17,19). The number of para-hydroxylation sites is 1. The van der Waals surface area contributed by atoms with Gasteiger partial charge in [0, 0.05) is 18.4 Å². The second-order valence-corrected chi connectivity index (χ2v) is 5.21. The normalized spacial score (nSPS) is 21.9. The van der Waals surface area contributed by atoms with Crippen molar-refractivity contribution in [2.75, 3.05) is 30.0 Å². The van der Waals surface area contributed by atoms with Crippen LogP contribution in [0, 0.1) is 0 Å². The molecule has 3 heterocycles. The Labute approximate surface area is 116 Å². The van der Waals surface area contributed by atoms with Gasteiger partial charge in [-0.05, 0) is 6.07 Å². The van der Waals surface area contributed by atoms with Gasteiger partial charge in [-0.3, -0.25) is 9.78 Å². The number of pyridine rings is 1. The van der Waals surface area contributed by atoms with E-state index in [9.17, 15) is 4.79 Å². The molecule has 1 atom stereocenters. The second-order valence-electron chi connectivity index (χ2n) is 5.21. The van der Waals surface area contributed by atoms with E-state index in [1.807, 2.05) is 18.2 Å². The molecule has 5 nitrogen and oxygen atoms in total. The molecule has 4 rings (SSSR count). The molecule has 1 amide bonds. The van der Waals surface area contributed by atoms with Crippen molar-refractivity contribution in [1.82, 2.24) is 4.98 Å². The summed E-state index contributed by atoms with van der Waals surface area (Å²) in [5, 5.41) is 4.05. The fourth-order valence-corrected chi connectivity index (χ4v) is 3.06. The predicted octanol–water partition coefficient (Wildman–Crippen LogP) is 1.78. The number of benzene rings is 1. The maximum atomic E-state index is 12.0. The number of carbonyl (C=O) groups excluding carboxylic acids is 1. The first-order valence-electron chi connectivity index (χ1n) is 6.85. The Morgan fingerprint density at radius 1 is 1.35 bits per heavy atom. The average Bonchev–Trinajstić information content (AvgIpc) is 2.62. The van der Waals surface area contributed by atoms with Crippen LogP contribution in [0.15, 0.2) is 30.5 Å². The summed E-state index contributed by atoms with van der Waals surface area (Å²) in [7, 11) is 0. The van der Waals surface area contributed by atoms with Crippen LogP contribution in [0.3, 0.4) is 0 Å². The quantitative estimate of drug-likeness (QED) is 0.792. The molecule has 1 aromatic heterocycles. The molecule has 0 aliphatic carbocycles. The van der Waals surface area contributed by atoms with E-state index in [4.69, 9.17) is 4.74 Å². The lowest BCUT2D eigenvalue weighted by molar-refractivity contribution is -0.116. The van der Waals surface area contributed by atoms with Crippen LogP contribution in [0.1, 0.15) is 6.42 Å². The molecule has 1 saturated heterocycles. The lowest BCUT2D eigenvalue weighted by Gasteiger charge is -2.36. The summed E-state index contributed by atoms with van der Waals surface area (Å²) >= 11 is 0. The van der Waals surface area contributed by atoms with Crippen molar-refractivity contribution >= 4 is 28.2 Å². The third-order valence-electron chi connectivity index (χ3n) is 3.96. The predicted molar refractivity (Wildman–Crippen MR) is 76.9 cm³/mol. The number of hydrogen-bond acceptors (Lipinski definition) is 4. The minimum atomic E-state index is 0.0290. The number of ether oxygens (including phenoxy) is 1. The van der Waals surface area contributed by atoms with Gasteiger partial charge in [0.1, 0.15) is 0 Å². The van der Waals surface area contributed by atoms with Crippen molar-refractivity contribution in [3.05, 3.63) is 30.5 Å². The van der Waals surface area contributed by atoms with E-state index in [0.717, 1.165) is 28.8 Å². The smallest absolute Gasteiger partial charge is 0.226 e. The monoisotopic (exact) mass is 269 g/mol. The molecule has 0 saturated carbocycles. The minimum Gasteiger partial charge on any atom is -0.377 e. The Hall–Kier alpha value is -2.14. The first-order chi connectivity index (χ1) is 9.83. The molecule has 102 valence electrons. The fourth-order valence-electron chi connectivity index (χ4n) is 3.06. The topological polar surface area (TPSA) is 54.5 Å². The van der Waals surface area contributed by atoms with Crippen LogP contribution < -0.4 is 10.2 Å². The highest BCUT2D eigenvalue weighted by atomic mass is 16.5. The van der Waals surface area contributed by atoms with Gasteiger partial charge in [-0.1, -0.05) is 18.2 Å². The Morgan fingerprint density at radius 3 is 3.20 bits per heavy atom. The molecule has 1 aromatic carbocycles. The number of fused-ring (bicyclic) bond motifs is 5. The summed E-state index contributed by atoms with van der Waals surface area (Å²) in [5.74, 6) is 0.0290. The Bertz CT molecular complexity index is 686. The van der Waals surface area contributed by atoms with Crippen molar-refractivity contribution in [3.8, 4) is 0 Å². The van der Waals surface area contributed by atoms with Gasteiger partial charge in [0.25, 0.3) is 0 Å². The number of carbonyl (C=O) groups is 1. The SMILES string of the molecule is O=C1CC2COCCN2c2c(cnc3ccccc23)N1. The summed E-state index contributed by atoms with van der Waals surface area (Å²) in [6, 6.07) is 8.15. The Kier molecular flexibility index (Phi) is 2.60. The van der Waals surface area contributed by atoms with Gasteiger partial charge in [0.05, 0.1) is 42.3 Å². The van der Waals surface area contributed by atoms with Gasteiger partial charge < -0.3 is 15.0 Å². The van der Waals surface area contributed by atoms with Crippen LogP contribution in [-0.4, -0.2) is 36.7 Å². The van der Waals surface area contributed by atoms with Crippen LogP contribution >= 0.6 is 0 Å². The summed E-state index contributed by atoms with van der Waals surface area (Å²) in [6.07, 6.45) is 2.22. The highest BCUT2D eigenvalue weighted by Crippen LogP contribution is 2.37. The number of rotatable bonds is 0. The Morgan fingerprint density at radius 2 is 2.25 bits per heavy atom. The number of nitrogens with zero attached hydrogens (tertiary/aromatic N) is 2. The lowest BCUT2D eigenvalue weighted by atomic mass is 10.1. The van der Waals surface area contributed by atoms with Gasteiger partial charge in [0.15, 0.2) is 0 Å². The average molecular weight is 269 g/mol. The summed E-state index contributed by atoms with van der Waals surface area (Å²) < 4.78 is 5.53. The molecule has 2 aromatic rings.